The van der Waals surface area contributed by atoms with Crippen LogP contribution >= 0.6 is 0 Å². The first-order valence-corrected chi connectivity index (χ1v) is 4.80. The topological polar surface area (TPSA) is 9.23 Å². The SMILES string of the molecule is C=COCCCCc1ccc(F)cc1. The van der Waals surface area contributed by atoms with Gasteiger partial charge in [-0.2, -0.15) is 0 Å². The van der Waals surface area contributed by atoms with Gasteiger partial charge >= 0.3 is 0 Å². The van der Waals surface area contributed by atoms with Crippen LogP contribution in [0, 0.1) is 5.82 Å². The highest BCUT2D eigenvalue weighted by atomic mass is 19.1. The van der Waals surface area contributed by atoms with Crippen LogP contribution in [-0.2, 0) is 11.2 Å². The van der Waals surface area contributed by atoms with E-state index in [4.69, 9.17) is 4.74 Å². The molecule has 0 aliphatic carbocycles. The lowest BCUT2D eigenvalue weighted by atomic mass is 10.1. The van der Waals surface area contributed by atoms with Crippen LogP contribution in [0.15, 0.2) is 37.1 Å². The molecule has 0 saturated carbocycles. The fourth-order valence-electron chi connectivity index (χ4n) is 1.25. The molecule has 0 atom stereocenters. The predicted octanol–water partition coefficient (Wildman–Crippen LogP) is 3.31. The zero-order valence-electron chi connectivity index (χ0n) is 8.21. The van der Waals surface area contributed by atoms with Crippen LogP contribution in [-0.4, -0.2) is 6.61 Å². The third kappa shape index (κ3) is 4.08. The standard InChI is InChI=1S/C12H15FO/c1-2-14-10-4-3-5-11-6-8-12(13)9-7-11/h2,6-9H,1,3-5,10H2. The molecular formula is C12H15FO. The first-order valence-electron chi connectivity index (χ1n) is 4.80. The number of halogens is 1. The molecule has 2 heteroatoms. The summed E-state index contributed by atoms with van der Waals surface area (Å²) in [5.41, 5.74) is 1.17. The fourth-order valence-corrected chi connectivity index (χ4v) is 1.25. The summed E-state index contributed by atoms with van der Waals surface area (Å²) in [7, 11) is 0. The molecule has 0 unspecified atom stereocenters. The first kappa shape index (κ1) is 10.8. The molecule has 1 nitrogen and oxygen atoms in total. The van der Waals surface area contributed by atoms with Gasteiger partial charge in [0.1, 0.15) is 5.82 Å². The minimum absolute atomic E-state index is 0.177. The Labute approximate surface area is 84.2 Å². The van der Waals surface area contributed by atoms with Crippen LogP contribution in [0.4, 0.5) is 4.39 Å². The van der Waals surface area contributed by atoms with E-state index in [1.54, 1.807) is 0 Å². The highest BCUT2D eigenvalue weighted by molar-refractivity contribution is 5.15. The molecule has 76 valence electrons. The summed E-state index contributed by atoms with van der Waals surface area (Å²) >= 11 is 0. The number of aryl methyl sites for hydroxylation is 1. The summed E-state index contributed by atoms with van der Waals surface area (Å²) in [6, 6.07) is 6.64. The molecular weight excluding hydrogens is 179 g/mol. The minimum atomic E-state index is -0.177. The number of benzene rings is 1. The zero-order chi connectivity index (χ0) is 10.2. The lowest BCUT2D eigenvalue weighted by Crippen LogP contribution is -1.90. The summed E-state index contributed by atoms with van der Waals surface area (Å²) in [6.45, 7) is 4.18. The van der Waals surface area contributed by atoms with Gasteiger partial charge in [-0.3, -0.25) is 0 Å². The summed E-state index contributed by atoms with van der Waals surface area (Å²) in [5.74, 6) is -0.177. The molecule has 14 heavy (non-hydrogen) atoms. The summed E-state index contributed by atoms with van der Waals surface area (Å²) in [4.78, 5) is 0. The third-order valence-electron chi connectivity index (χ3n) is 2.01. The van der Waals surface area contributed by atoms with Crippen molar-refractivity contribution in [1.82, 2.24) is 0 Å². The highest BCUT2D eigenvalue weighted by Crippen LogP contribution is 2.06. The van der Waals surface area contributed by atoms with Crippen molar-refractivity contribution in [1.29, 1.82) is 0 Å². The molecule has 0 amide bonds. The molecule has 0 aliphatic heterocycles. The monoisotopic (exact) mass is 194 g/mol. The minimum Gasteiger partial charge on any atom is -0.502 e. The molecule has 1 aromatic carbocycles. The Kier molecular flexibility index (Phi) is 4.76. The van der Waals surface area contributed by atoms with Crippen LogP contribution in [0.3, 0.4) is 0 Å². The van der Waals surface area contributed by atoms with Crippen molar-refractivity contribution < 1.29 is 9.13 Å². The van der Waals surface area contributed by atoms with Gasteiger partial charge in [0, 0.05) is 0 Å². The van der Waals surface area contributed by atoms with Gasteiger partial charge in [-0.1, -0.05) is 18.7 Å². The van der Waals surface area contributed by atoms with Crippen molar-refractivity contribution >= 4 is 0 Å². The van der Waals surface area contributed by atoms with Gasteiger partial charge in [-0.25, -0.2) is 4.39 Å². The number of rotatable bonds is 6. The molecule has 1 rings (SSSR count). The lowest BCUT2D eigenvalue weighted by molar-refractivity contribution is 0.243. The van der Waals surface area contributed by atoms with Gasteiger partial charge in [-0.05, 0) is 37.0 Å². The van der Waals surface area contributed by atoms with Crippen LogP contribution in [0.25, 0.3) is 0 Å². The van der Waals surface area contributed by atoms with E-state index < -0.39 is 0 Å². The van der Waals surface area contributed by atoms with Crippen LogP contribution in [0.2, 0.25) is 0 Å². The van der Waals surface area contributed by atoms with E-state index in [9.17, 15) is 4.39 Å². The number of hydrogen-bond donors (Lipinski definition) is 0. The Balaban J connectivity index is 2.18. The highest BCUT2D eigenvalue weighted by Gasteiger charge is 1.94. The molecule has 0 bridgehead atoms. The Bertz CT molecular complexity index is 266. The van der Waals surface area contributed by atoms with Gasteiger partial charge in [0.25, 0.3) is 0 Å². The van der Waals surface area contributed by atoms with E-state index in [0.29, 0.717) is 6.61 Å². The summed E-state index contributed by atoms with van der Waals surface area (Å²) in [6.07, 6.45) is 4.49. The van der Waals surface area contributed by atoms with Gasteiger partial charge in [-0.15, -0.1) is 0 Å². The van der Waals surface area contributed by atoms with Crippen molar-refractivity contribution in [2.24, 2.45) is 0 Å². The fraction of sp³-hybridized carbons (Fsp3) is 0.333. The van der Waals surface area contributed by atoms with Crippen molar-refractivity contribution in [3.05, 3.63) is 48.5 Å². The van der Waals surface area contributed by atoms with Crippen LogP contribution < -0.4 is 0 Å². The largest absolute Gasteiger partial charge is 0.502 e. The first-order chi connectivity index (χ1) is 6.83. The van der Waals surface area contributed by atoms with Crippen molar-refractivity contribution in [2.75, 3.05) is 6.61 Å². The lowest BCUT2D eigenvalue weighted by Gasteiger charge is -2.01. The van der Waals surface area contributed by atoms with Crippen LogP contribution in [0.5, 0.6) is 0 Å². The maximum atomic E-state index is 12.5. The van der Waals surface area contributed by atoms with E-state index >= 15 is 0 Å². The molecule has 0 saturated heterocycles. The van der Waals surface area contributed by atoms with E-state index in [0.717, 1.165) is 19.3 Å². The van der Waals surface area contributed by atoms with Crippen LogP contribution in [0.1, 0.15) is 18.4 Å². The number of hydrogen-bond acceptors (Lipinski definition) is 1. The summed E-state index contributed by atoms with van der Waals surface area (Å²) in [5, 5.41) is 0. The molecule has 0 aliphatic rings. The molecule has 0 aromatic heterocycles. The maximum Gasteiger partial charge on any atom is 0.123 e. The normalized spacial score (nSPS) is 9.79. The quantitative estimate of drug-likeness (QED) is 0.498. The van der Waals surface area contributed by atoms with Gasteiger partial charge in [0.05, 0.1) is 12.9 Å². The Hall–Kier alpha value is -1.31. The second-order valence-electron chi connectivity index (χ2n) is 3.12. The molecule has 0 spiro atoms. The smallest absolute Gasteiger partial charge is 0.123 e. The second-order valence-corrected chi connectivity index (χ2v) is 3.12. The molecule has 1 aromatic rings. The van der Waals surface area contributed by atoms with Crippen molar-refractivity contribution in [2.45, 2.75) is 19.3 Å². The van der Waals surface area contributed by atoms with Gasteiger partial charge < -0.3 is 4.74 Å². The second kappa shape index (κ2) is 6.19. The molecule has 0 heterocycles. The Morgan fingerprint density at radius 1 is 1.21 bits per heavy atom. The van der Waals surface area contributed by atoms with E-state index in [1.807, 2.05) is 12.1 Å². The Morgan fingerprint density at radius 2 is 1.93 bits per heavy atom. The molecule has 0 fully saturated rings. The van der Waals surface area contributed by atoms with Crippen molar-refractivity contribution in [3.8, 4) is 0 Å². The average molecular weight is 194 g/mol. The van der Waals surface area contributed by atoms with Gasteiger partial charge in [0.2, 0.25) is 0 Å². The van der Waals surface area contributed by atoms with E-state index in [-0.39, 0.29) is 5.82 Å². The zero-order valence-corrected chi connectivity index (χ0v) is 8.21. The van der Waals surface area contributed by atoms with E-state index in [2.05, 4.69) is 6.58 Å². The number of ether oxygens (including phenoxy) is 1. The molecule has 0 N–H and O–H groups in total. The average Bonchev–Trinajstić information content (AvgIpc) is 2.21. The van der Waals surface area contributed by atoms with Gasteiger partial charge in [0.15, 0.2) is 0 Å². The predicted molar refractivity (Wildman–Crippen MR) is 55.5 cm³/mol. The summed E-state index contributed by atoms with van der Waals surface area (Å²) < 4.78 is 17.5. The third-order valence-corrected chi connectivity index (χ3v) is 2.01. The maximum absolute atomic E-state index is 12.5. The van der Waals surface area contributed by atoms with Crippen molar-refractivity contribution in [3.63, 3.8) is 0 Å². The van der Waals surface area contributed by atoms with E-state index in [1.165, 1.54) is 24.0 Å². The number of unbranched alkanes of at least 4 members (excludes halogenated alkanes) is 1. The Morgan fingerprint density at radius 3 is 2.57 bits per heavy atom. The molecule has 0 radical (unpaired) electrons.